The molecule has 0 bridgehead atoms. The second-order valence-corrected chi connectivity index (χ2v) is 6.57. The van der Waals surface area contributed by atoms with Crippen LogP contribution in [0.5, 0.6) is 0 Å². The first kappa shape index (κ1) is 15.3. The van der Waals surface area contributed by atoms with Gasteiger partial charge in [-0.1, -0.05) is 0 Å². The normalized spacial score (nSPS) is 17.9. The number of hydrogen-bond donors (Lipinski definition) is 1. The highest BCUT2D eigenvalue weighted by Gasteiger charge is 2.33. The lowest BCUT2D eigenvalue weighted by Gasteiger charge is -2.22. The highest BCUT2D eigenvalue weighted by atomic mass is 32.1. The van der Waals surface area contributed by atoms with E-state index in [1.54, 1.807) is 18.4 Å². The number of fused-ring (bicyclic) bond motifs is 1. The van der Waals surface area contributed by atoms with E-state index < -0.39 is 0 Å². The molecule has 1 N–H and O–H groups in total. The lowest BCUT2D eigenvalue weighted by Crippen LogP contribution is -2.32. The molecule has 6 heteroatoms. The molecule has 2 rings (SSSR count). The van der Waals surface area contributed by atoms with Crippen molar-refractivity contribution in [2.24, 2.45) is 0 Å². The molecule has 20 heavy (non-hydrogen) atoms. The van der Waals surface area contributed by atoms with Crippen molar-refractivity contribution < 1.29 is 14.3 Å². The van der Waals surface area contributed by atoms with Gasteiger partial charge in [-0.05, 0) is 33.6 Å². The summed E-state index contributed by atoms with van der Waals surface area (Å²) in [5.74, 6) is -0.340. The van der Waals surface area contributed by atoms with E-state index in [0.717, 1.165) is 23.7 Å². The third kappa shape index (κ3) is 3.30. The van der Waals surface area contributed by atoms with Gasteiger partial charge in [0.15, 0.2) is 5.13 Å². The number of aryl methyl sites for hydroxylation is 1. The lowest BCUT2D eigenvalue weighted by molar-refractivity contribution is -0.145. The van der Waals surface area contributed by atoms with Crippen molar-refractivity contribution in [2.45, 2.75) is 45.1 Å². The van der Waals surface area contributed by atoms with Gasteiger partial charge in [-0.3, -0.25) is 4.79 Å². The van der Waals surface area contributed by atoms with Gasteiger partial charge in [0.2, 0.25) is 0 Å². The molecule has 0 aliphatic heterocycles. The zero-order valence-corrected chi connectivity index (χ0v) is 13.3. The zero-order valence-electron chi connectivity index (χ0n) is 12.5. The Bertz CT molecular complexity index is 485. The molecule has 1 aromatic heterocycles. The van der Waals surface area contributed by atoms with Crippen molar-refractivity contribution in [3.63, 3.8) is 0 Å². The van der Waals surface area contributed by atoms with Crippen LogP contribution < -0.4 is 5.32 Å². The van der Waals surface area contributed by atoms with E-state index in [0.29, 0.717) is 13.2 Å². The Morgan fingerprint density at radius 3 is 2.95 bits per heavy atom. The maximum absolute atomic E-state index is 11.9. The molecule has 0 fully saturated rings. The number of esters is 1. The first-order valence-electron chi connectivity index (χ1n) is 6.92. The predicted molar refractivity (Wildman–Crippen MR) is 79.4 cm³/mol. The van der Waals surface area contributed by atoms with E-state index in [-0.39, 0.29) is 17.5 Å². The van der Waals surface area contributed by atoms with E-state index >= 15 is 0 Å². The van der Waals surface area contributed by atoms with Crippen molar-refractivity contribution in [1.82, 2.24) is 4.98 Å². The molecule has 1 unspecified atom stereocenters. The number of methoxy groups -OCH3 is 1. The fourth-order valence-corrected chi connectivity index (χ4v) is 3.17. The SMILES string of the molecule is CCOC(=O)C1CCc2sc(NCC(C)(C)OC)nc21. The number of ether oxygens (including phenoxy) is 2. The smallest absolute Gasteiger partial charge is 0.315 e. The number of carbonyl (C=O) groups is 1. The third-order valence-corrected chi connectivity index (χ3v) is 4.60. The standard InChI is InChI=1S/C14H22N2O3S/c1-5-19-12(17)9-6-7-10-11(9)16-13(20-10)15-8-14(2,3)18-4/h9H,5-8H2,1-4H3,(H,15,16). The van der Waals surface area contributed by atoms with Crippen LogP contribution in [0.2, 0.25) is 0 Å². The van der Waals surface area contributed by atoms with Gasteiger partial charge in [-0.15, -0.1) is 11.3 Å². The molecule has 0 saturated carbocycles. The Hall–Kier alpha value is -1.14. The first-order chi connectivity index (χ1) is 9.46. The maximum atomic E-state index is 11.9. The molecule has 1 atom stereocenters. The molecular formula is C14H22N2O3S. The Balaban J connectivity index is 2.03. The molecule has 0 amide bonds. The summed E-state index contributed by atoms with van der Waals surface area (Å²) in [4.78, 5) is 17.6. The molecular weight excluding hydrogens is 276 g/mol. The number of aromatic nitrogens is 1. The van der Waals surface area contributed by atoms with Crippen molar-refractivity contribution in [2.75, 3.05) is 25.6 Å². The molecule has 1 aliphatic rings. The van der Waals surface area contributed by atoms with Crippen LogP contribution in [-0.4, -0.2) is 36.8 Å². The van der Waals surface area contributed by atoms with Gasteiger partial charge in [0.1, 0.15) is 5.92 Å². The summed E-state index contributed by atoms with van der Waals surface area (Å²) >= 11 is 1.63. The molecule has 1 aliphatic carbocycles. The Morgan fingerprint density at radius 1 is 1.55 bits per heavy atom. The van der Waals surface area contributed by atoms with Gasteiger partial charge in [0.05, 0.1) is 17.9 Å². The fourth-order valence-electron chi connectivity index (χ4n) is 2.14. The van der Waals surface area contributed by atoms with Crippen molar-refractivity contribution in [1.29, 1.82) is 0 Å². The minimum atomic E-state index is -0.239. The second-order valence-electron chi connectivity index (χ2n) is 5.49. The number of nitrogens with one attached hydrogen (secondary N) is 1. The van der Waals surface area contributed by atoms with Crippen LogP contribution in [0.25, 0.3) is 0 Å². The van der Waals surface area contributed by atoms with Gasteiger partial charge >= 0.3 is 5.97 Å². The van der Waals surface area contributed by atoms with Crippen molar-refractivity contribution in [3.8, 4) is 0 Å². The highest BCUT2D eigenvalue weighted by molar-refractivity contribution is 7.15. The zero-order chi connectivity index (χ0) is 14.8. The summed E-state index contributed by atoms with van der Waals surface area (Å²) in [6.45, 7) is 6.96. The minimum absolute atomic E-state index is 0.152. The lowest BCUT2D eigenvalue weighted by atomic mass is 10.1. The second kappa shape index (κ2) is 6.10. The van der Waals surface area contributed by atoms with Gasteiger partial charge in [-0.2, -0.15) is 0 Å². The van der Waals surface area contributed by atoms with Crippen LogP contribution in [-0.2, 0) is 20.7 Å². The predicted octanol–water partition coefficient (Wildman–Crippen LogP) is 2.57. The summed E-state index contributed by atoms with van der Waals surface area (Å²) < 4.78 is 10.5. The van der Waals surface area contributed by atoms with Gasteiger partial charge < -0.3 is 14.8 Å². The largest absolute Gasteiger partial charge is 0.465 e. The van der Waals surface area contributed by atoms with Crippen LogP contribution in [0.1, 0.15) is 43.7 Å². The van der Waals surface area contributed by atoms with E-state index in [1.807, 2.05) is 20.8 Å². The van der Waals surface area contributed by atoms with Crippen LogP contribution in [0.3, 0.4) is 0 Å². The quantitative estimate of drug-likeness (QED) is 0.818. The number of hydrogen-bond acceptors (Lipinski definition) is 6. The maximum Gasteiger partial charge on any atom is 0.315 e. The monoisotopic (exact) mass is 298 g/mol. The Kier molecular flexibility index (Phi) is 4.65. The fraction of sp³-hybridized carbons (Fsp3) is 0.714. The number of anilines is 1. The number of nitrogens with zero attached hydrogens (tertiary/aromatic N) is 1. The van der Waals surface area contributed by atoms with Crippen molar-refractivity contribution in [3.05, 3.63) is 10.6 Å². The van der Waals surface area contributed by atoms with Crippen molar-refractivity contribution >= 4 is 22.4 Å². The number of rotatable bonds is 6. The Labute approximate surface area is 123 Å². The van der Waals surface area contributed by atoms with Crippen LogP contribution in [0.4, 0.5) is 5.13 Å². The molecule has 0 spiro atoms. The van der Waals surface area contributed by atoms with Gasteiger partial charge in [-0.25, -0.2) is 4.98 Å². The molecule has 1 aromatic rings. The Morgan fingerprint density at radius 2 is 2.30 bits per heavy atom. The summed E-state index contributed by atoms with van der Waals surface area (Å²) in [7, 11) is 1.69. The molecule has 0 saturated heterocycles. The van der Waals surface area contributed by atoms with E-state index in [2.05, 4.69) is 10.3 Å². The van der Waals surface area contributed by atoms with Crippen LogP contribution in [0, 0.1) is 0 Å². The minimum Gasteiger partial charge on any atom is -0.465 e. The topological polar surface area (TPSA) is 60.5 Å². The van der Waals surface area contributed by atoms with E-state index in [9.17, 15) is 4.79 Å². The average molecular weight is 298 g/mol. The molecule has 0 aromatic carbocycles. The van der Waals surface area contributed by atoms with Gasteiger partial charge in [0.25, 0.3) is 0 Å². The van der Waals surface area contributed by atoms with Crippen LogP contribution >= 0.6 is 11.3 Å². The number of thiazole rings is 1. The summed E-state index contributed by atoms with van der Waals surface area (Å²) in [6.07, 6.45) is 1.72. The summed E-state index contributed by atoms with van der Waals surface area (Å²) in [5, 5.41) is 4.14. The molecule has 1 heterocycles. The van der Waals surface area contributed by atoms with E-state index in [1.165, 1.54) is 4.88 Å². The summed E-state index contributed by atoms with van der Waals surface area (Å²) in [5.41, 5.74) is 0.655. The molecule has 5 nitrogen and oxygen atoms in total. The highest BCUT2D eigenvalue weighted by Crippen LogP contribution is 2.39. The summed E-state index contributed by atoms with van der Waals surface area (Å²) in [6, 6.07) is 0. The number of carbonyl (C=O) groups excluding carboxylic acids is 1. The average Bonchev–Trinajstić information content (AvgIpc) is 2.96. The molecule has 112 valence electrons. The molecule has 0 radical (unpaired) electrons. The van der Waals surface area contributed by atoms with E-state index in [4.69, 9.17) is 9.47 Å². The van der Waals surface area contributed by atoms with Gasteiger partial charge in [0, 0.05) is 18.5 Å². The first-order valence-corrected chi connectivity index (χ1v) is 7.73. The third-order valence-electron chi connectivity index (χ3n) is 3.51. The van der Waals surface area contributed by atoms with Crippen LogP contribution in [0.15, 0.2) is 0 Å².